The molecule has 0 radical (unpaired) electrons. The predicted molar refractivity (Wildman–Crippen MR) is 35.8 cm³/mol. The molecule has 0 aromatic heterocycles. The molecule has 0 spiro atoms. The monoisotopic (exact) mass is 123 g/mol. The topological polar surface area (TPSA) is 26.0 Å². The average molecular weight is 123 g/mol. The molecular formula is C8H13N. The lowest BCUT2D eigenvalue weighted by molar-refractivity contribution is 0.0651. The van der Waals surface area contributed by atoms with Crippen molar-refractivity contribution in [2.24, 2.45) is 29.4 Å². The van der Waals surface area contributed by atoms with Gasteiger partial charge in [-0.05, 0) is 42.9 Å². The molecule has 0 aromatic rings. The summed E-state index contributed by atoms with van der Waals surface area (Å²) in [5.41, 5.74) is 6.00. The molecule has 1 heteroatoms. The summed E-state index contributed by atoms with van der Waals surface area (Å²) in [6, 6.07) is 0.611. The van der Waals surface area contributed by atoms with Gasteiger partial charge in [-0.25, -0.2) is 0 Å². The van der Waals surface area contributed by atoms with Crippen LogP contribution in [0.1, 0.15) is 19.3 Å². The molecule has 1 nitrogen and oxygen atoms in total. The molecule has 3 saturated carbocycles. The molecule has 3 fully saturated rings. The largest absolute Gasteiger partial charge is 0.327 e. The number of hydrogen-bond acceptors (Lipinski definition) is 1. The van der Waals surface area contributed by atoms with E-state index in [-0.39, 0.29) is 0 Å². The maximum absolute atomic E-state index is 6.00. The van der Waals surface area contributed by atoms with Gasteiger partial charge in [-0.15, -0.1) is 0 Å². The third kappa shape index (κ3) is 0.362. The van der Waals surface area contributed by atoms with Gasteiger partial charge >= 0.3 is 0 Å². The van der Waals surface area contributed by atoms with Gasteiger partial charge < -0.3 is 5.73 Å². The van der Waals surface area contributed by atoms with Crippen LogP contribution in [0.2, 0.25) is 0 Å². The standard InChI is InChI=1S/C8H13N/c9-8-5-1-4-2-7(8)6(4)3-5/h4-8H,1-3,9H2. The minimum atomic E-state index is 0.611. The first-order chi connectivity index (χ1) is 4.36. The van der Waals surface area contributed by atoms with Crippen molar-refractivity contribution in [3.63, 3.8) is 0 Å². The summed E-state index contributed by atoms with van der Waals surface area (Å²) < 4.78 is 0. The van der Waals surface area contributed by atoms with Gasteiger partial charge in [-0.3, -0.25) is 0 Å². The molecule has 0 heterocycles. The Morgan fingerprint density at radius 3 is 2.00 bits per heavy atom. The summed E-state index contributed by atoms with van der Waals surface area (Å²) >= 11 is 0. The zero-order valence-corrected chi connectivity index (χ0v) is 5.59. The fraction of sp³-hybridized carbons (Fsp3) is 1.00. The van der Waals surface area contributed by atoms with Crippen molar-refractivity contribution in [3.8, 4) is 0 Å². The van der Waals surface area contributed by atoms with Crippen molar-refractivity contribution in [2.75, 3.05) is 0 Å². The summed E-state index contributed by atoms with van der Waals surface area (Å²) in [5.74, 6) is 4.12. The van der Waals surface area contributed by atoms with Crippen LogP contribution in [0.5, 0.6) is 0 Å². The summed E-state index contributed by atoms with van der Waals surface area (Å²) in [6.45, 7) is 0. The molecular weight excluding hydrogens is 110 g/mol. The molecule has 0 aliphatic heterocycles. The number of fused-ring (bicyclic) bond motifs is 1. The zero-order chi connectivity index (χ0) is 6.01. The van der Waals surface area contributed by atoms with Gasteiger partial charge in [-0.1, -0.05) is 0 Å². The van der Waals surface area contributed by atoms with Gasteiger partial charge in [0, 0.05) is 6.04 Å². The van der Waals surface area contributed by atoms with Crippen LogP contribution in [0, 0.1) is 23.7 Å². The Labute approximate surface area is 55.6 Å². The van der Waals surface area contributed by atoms with Crippen molar-refractivity contribution in [1.82, 2.24) is 0 Å². The smallest absolute Gasteiger partial charge is 0.00986 e. The van der Waals surface area contributed by atoms with E-state index in [1.807, 2.05) is 0 Å². The average Bonchev–Trinajstić information content (AvgIpc) is 2.20. The highest BCUT2D eigenvalue weighted by Crippen LogP contribution is 2.62. The lowest BCUT2D eigenvalue weighted by Crippen LogP contribution is -2.47. The van der Waals surface area contributed by atoms with Crippen LogP contribution in [-0.2, 0) is 0 Å². The molecule has 3 aliphatic carbocycles. The third-order valence-corrected chi connectivity index (χ3v) is 3.95. The minimum Gasteiger partial charge on any atom is -0.327 e. The van der Waals surface area contributed by atoms with Gasteiger partial charge in [0.05, 0.1) is 0 Å². The summed E-state index contributed by atoms with van der Waals surface area (Å²) in [6.07, 6.45) is 4.43. The molecule has 2 N–H and O–H groups in total. The highest BCUT2D eigenvalue weighted by Gasteiger charge is 2.58. The van der Waals surface area contributed by atoms with Crippen molar-refractivity contribution in [3.05, 3.63) is 0 Å². The fourth-order valence-electron chi connectivity index (χ4n) is 3.43. The Hall–Kier alpha value is -0.0400. The van der Waals surface area contributed by atoms with E-state index in [2.05, 4.69) is 0 Å². The lowest BCUT2D eigenvalue weighted by atomic mass is 9.62. The van der Waals surface area contributed by atoms with Gasteiger partial charge in [0.2, 0.25) is 0 Å². The lowest BCUT2D eigenvalue weighted by Gasteiger charge is -2.45. The first-order valence-corrected chi connectivity index (χ1v) is 4.12. The van der Waals surface area contributed by atoms with Crippen LogP contribution < -0.4 is 5.73 Å². The number of hydrogen-bond donors (Lipinski definition) is 1. The van der Waals surface area contributed by atoms with Crippen LogP contribution in [0.15, 0.2) is 0 Å². The SMILES string of the molecule is NC1C2CC3CC1C3C2. The molecule has 3 aliphatic rings. The van der Waals surface area contributed by atoms with Gasteiger partial charge in [0.25, 0.3) is 0 Å². The molecule has 0 amide bonds. The highest BCUT2D eigenvalue weighted by atomic mass is 14.8. The van der Waals surface area contributed by atoms with Crippen LogP contribution in [-0.4, -0.2) is 6.04 Å². The molecule has 9 heavy (non-hydrogen) atoms. The fourth-order valence-corrected chi connectivity index (χ4v) is 3.43. The predicted octanol–water partition coefficient (Wildman–Crippen LogP) is 0.990. The van der Waals surface area contributed by atoms with Crippen molar-refractivity contribution in [1.29, 1.82) is 0 Å². The summed E-state index contributed by atoms with van der Waals surface area (Å²) in [5, 5.41) is 0. The Morgan fingerprint density at radius 1 is 0.889 bits per heavy atom. The van der Waals surface area contributed by atoms with Gasteiger partial charge in [-0.2, -0.15) is 0 Å². The zero-order valence-electron chi connectivity index (χ0n) is 5.59. The minimum absolute atomic E-state index is 0.611. The number of nitrogens with two attached hydrogens (primary N) is 1. The second-order valence-corrected chi connectivity index (χ2v) is 4.13. The van der Waals surface area contributed by atoms with Crippen LogP contribution >= 0.6 is 0 Å². The second-order valence-electron chi connectivity index (χ2n) is 4.13. The molecule has 3 rings (SSSR count). The third-order valence-electron chi connectivity index (χ3n) is 3.95. The molecule has 2 bridgehead atoms. The first-order valence-electron chi connectivity index (χ1n) is 4.12. The van der Waals surface area contributed by atoms with E-state index in [9.17, 15) is 0 Å². The van der Waals surface area contributed by atoms with Crippen LogP contribution in [0.25, 0.3) is 0 Å². The van der Waals surface area contributed by atoms with Gasteiger partial charge in [0.15, 0.2) is 0 Å². The van der Waals surface area contributed by atoms with Crippen molar-refractivity contribution in [2.45, 2.75) is 25.3 Å². The second kappa shape index (κ2) is 1.20. The van der Waals surface area contributed by atoms with E-state index in [1.165, 1.54) is 19.3 Å². The quantitative estimate of drug-likeness (QED) is 0.510. The molecule has 0 saturated heterocycles. The van der Waals surface area contributed by atoms with E-state index in [1.54, 1.807) is 0 Å². The Bertz CT molecular complexity index is 144. The van der Waals surface area contributed by atoms with Crippen LogP contribution in [0.3, 0.4) is 0 Å². The van der Waals surface area contributed by atoms with E-state index in [4.69, 9.17) is 5.73 Å². The van der Waals surface area contributed by atoms with E-state index >= 15 is 0 Å². The molecule has 0 aromatic carbocycles. The van der Waals surface area contributed by atoms with Crippen molar-refractivity contribution < 1.29 is 0 Å². The van der Waals surface area contributed by atoms with E-state index in [0.717, 1.165) is 23.7 Å². The maximum atomic E-state index is 6.00. The first kappa shape index (κ1) is 4.73. The maximum Gasteiger partial charge on any atom is 0.00986 e. The number of rotatable bonds is 0. The Kier molecular flexibility index (Phi) is 0.628. The van der Waals surface area contributed by atoms with Crippen LogP contribution in [0.4, 0.5) is 0 Å². The van der Waals surface area contributed by atoms with E-state index < -0.39 is 0 Å². The highest BCUT2D eigenvalue weighted by molar-refractivity contribution is 5.10. The summed E-state index contributed by atoms with van der Waals surface area (Å²) in [4.78, 5) is 0. The molecule has 50 valence electrons. The van der Waals surface area contributed by atoms with Gasteiger partial charge in [0.1, 0.15) is 0 Å². The van der Waals surface area contributed by atoms with E-state index in [0.29, 0.717) is 6.04 Å². The normalized spacial score (nSPS) is 68.3. The Morgan fingerprint density at radius 2 is 1.67 bits per heavy atom. The Balaban J connectivity index is 2.00. The van der Waals surface area contributed by atoms with Crippen molar-refractivity contribution >= 4 is 0 Å². The molecule has 5 unspecified atom stereocenters. The summed E-state index contributed by atoms with van der Waals surface area (Å²) in [7, 11) is 0. The molecule has 5 atom stereocenters.